The molecule has 4 atom stereocenters. The van der Waals surface area contributed by atoms with Gasteiger partial charge in [0.1, 0.15) is 5.78 Å². The third-order valence-corrected chi connectivity index (χ3v) is 6.70. The van der Waals surface area contributed by atoms with Gasteiger partial charge < -0.3 is 0 Å². The van der Waals surface area contributed by atoms with Crippen LogP contribution in [0, 0.1) is 17.3 Å². The summed E-state index contributed by atoms with van der Waals surface area (Å²) in [5.41, 5.74) is 4.33. The third-order valence-electron chi connectivity index (χ3n) is 6.70. The Bertz CT molecular complexity index is 614. The van der Waals surface area contributed by atoms with Gasteiger partial charge in [0.05, 0.1) is 0 Å². The molecule has 0 unspecified atom stereocenters. The molecule has 1 nitrogen and oxygen atoms in total. The number of Topliss-reactive ketones (excluding diaryl/α,β-unsaturated/α-hetero) is 1. The van der Waals surface area contributed by atoms with E-state index in [9.17, 15) is 4.79 Å². The van der Waals surface area contributed by atoms with Crippen LogP contribution in [0.5, 0.6) is 0 Å². The van der Waals surface area contributed by atoms with E-state index in [4.69, 9.17) is 0 Å². The van der Waals surface area contributed by atoms with Crippen molar-refractivity contribution in [2.24, 2.45) is 17.3 Å². The van der Waals surface area contributed by atoms with Crippen molar-refractivity contribution in [1.82, 2.24) is 0 Å². The van der Waals surface area contributed by atoms with Crippen LogP contribution in [0.25, 0.3) is 6.08 Å². The second-order valence-electron chi connectivity index (χ2n) is 7.50. The monoisotopic (exact) mass is 280 g/mol. The number of hydrogen-bond acceptors (Lipinski definition) is 1. The van der Waals surface area contributed by atoms with Crippen LogP contribution in [0.2, 0.25) is 0 Å². The average Bonchev–Trinajstić information content (AvgIpc) is 2.82. The number of fused-ring (bicyclic) bond motifs is 5. The van der Waals surface area contributed by atoms with E-state index >= 15 is 0 Å². The van der Waals surface area contributed by atoms with Crippen LogP contribution >= 0.6 is 0 Å². The lowest BCUT2D eigenvalue weighted by Gasteiger charge is -2.48. The lowest BCUT2D eigenvalue weighted by molar-refractivity contribution is -0.129. The molecule has 110 valence electrons. The Kier molecular flexibility index (Phi) is 2.89. The van der Waals surface area contributed by atoms with Crippen LogP contribution < -0.4 is 0 Å². The number of hydrogen-bond donors (Lipinski definition) is 0. The zero-order chi connectivity index (χ0) is 14.6. The van der Waals surface area contributed by atoms with Gasteiger partial charge in [-0.2, -0.15) is 0 Å². The summed E-state index contributed by atoms with van der Waals surface area (Å²) in [7, 11) is 0. The highest BCUT2D eigenvalue weighted by molar-refractivity contribution is 5.87. The molecule has 1 aromatic rings. The van der Waals surface area contributed by atoms with Crippen molar-refractivity contribution in [3.8, 4) is 0 Å². The molecule has 3 aliphatic rings. The van der Waals surface area contributed by atoms with Gasteiger partial charge in [0, 0.05) is 11.8 Å². The second-order valence-corrected chi connectivity index (χ2v) is 7.50. The predicted molar refractivity (Wildman–Crippen MR) is 86.2 cm³/mol. The highest BCUT2D eigenvalue weighted by atomic mass is 16.1. The van der Waals surface area contributed by atoms with Crippen LogP contribution in [-0.4, -0.2) is 5.78 Å². The Morgan fingerprint density at radius 3 is 2.90 bits per heavy atom. The van der Waals surface area contributed by atoms with Crippen LogP contribution in [-0.2, 0) is 11.2 Å². The molecule has 0 amide bonds. The summed E-state index contributed by atoms with van der Waals surface area (Å²) in [6, 6.07) is 6.85. The fourth-order valence-corrected chi connectivity index (χ4v) is 5.48. The van der Waals surface area contributed by atoms with E-state index in [1.54, 1.807) is 5.56 Å². The number of benzene rings is 1. The smallest absolute Gasteiger partial charge is 0.139 e. The molecule has 3 aliphatic carbocycles. The summed E-state index contributed by atoms with van der Waals surface area (Å²) >= 11 is 0. The minimum absolute atomic E-state index is 0.00524. The highest BCUT2D eigenvalue weighted by Gasteiger charge is 2.54. The molecule has 2 fully saturated rings. The molecule has 1 heteroatoms. The average molecular weight is 280 g/mol. The number of carbonyl (C=O) groups is 1. The van der Waals surface area contributed by atoms with E-state index in [0.29, 0.717) is 17.6 Å². The van der Waals surface area contributed by atoms with Crippen molar-refractivity contribution >= 4 is 11.9 Å². The van der Waals surface area contributed by atoms with E-state index in [1.165, 1.54) is 30.4 Å². The van der Waals surface area contributed by atoms with Crippen molar-refractivity contribution in [2.75, 3.05) is 0 Å². The standard InChI is InChI=1S/C20H24O/c1-3-13-4-5-14-6-7-16-15(17(14)12-13)10-11-20(2)18(16)8-9-19(20)21/h3-5,12,15-16,18H,1,6-11H2,2H3/t15-,16+,18-,20-/m0/s1. The van der Waals surface area contributed by atoms with Gasteiger partial charge >= 0.3 is 0 Å². The van der Waals surface area contributed by atoms with Crippen LogP contribution in [0.1, 0.15) is 61.6 Å². The number of aryl methyl sites for hydroxylation is 1. The van der Waals surface area contributed by atoms with Crippen molar-refractivity contribution in [3.05, 3.63) is 41.5 Å². The second kappa shape index (κ2) is 4.56. The van der Waals surface area contributed by atoms with Gasteiger partial charge in [-0.05, 0) is 66.5 Å². The Hall–Kier alpha value is -1.37. The zero-order valence-electron chi connectivity index (χ0n) is 12.9. The van der Waals surface area contributed by atoms with Crippen molar-refractivity contribution in [1.29, 1.82) is 0 Å². The van der Waals surface area contributed by atoms with Gasteiger partial charge in [0.25, 0.3) is 0 Å². The first-order valence-corrected chi connectivity index (χ1v) is 8.42. The normalized spacial score (nSPS) is 37.6. The summed E-state index contributed by atoms with van der Waals surface area (Å²) in [5.74, 6) is 2.57. The first-order chi connectivity index (χ1) is 10.1. The van der Waals surface area contributed by atoms with E-state index in [0.717, 1.165) is 25.2 Å². The van der Waals surface area contributed by atoms with E-state index in [2.05, 4.69) is 31.7 Å². The zero-order valence-corrected chi connectivity index (χ0v) is 12.9. The molecular formula is C20H24O. The van der Waals surface area contributed by atoms with Gasteiger partial charge in [0.2, 0.25) is 0 Å². The Balaban J connectivity index is 1.74. The van der Waals surface area contributed by atoms with E-state index in [1.807, 2.05) is 6.08 Å². The first-order valence-electron chi connectivity index (χ1n) is 8.42. The molecule has 21 heavy (non-hydrogen) atoms. The fraction of sp³-hybridized carbons (Fsp3) is 0.550. The number of carbonyl (C=O) groups excluding carboxylic acids is 1. The largest absolute Gasteiger partial charge is 0.299 e. The Labute approximate surface area is 127 Å². The van der Waals surface area contributed by atoms with E-state index < -0.39 is 0 Å². The molecular weight excluding hydrogens is 256 g/mol. The van der Waals surface area contributed by atoms with Crippen molar-refractivity contribution in [3.63, 3.8) is 0 Å². The summed E-state index contributed by atoms with van der Waals surface area (Å²) in [6.07, 6.45) is 8.66. The van der Waals surface area contributed by atoms with Crippen LogP contribution in [0.4, 0.5) is 0 Å². The van der Waals surface area contributed by atoms with Gasteiger partial charge in [-0.3, -0.25) is 4.79 Å². The molecule has 0 N–H and O–H groups in total. The van der Waals surface area contributed by atoms with Gasteiger partial charge in [0.15, 0.2) is 0 Å². The Morgan fingerprint density at radius 2 is 2.10 bits per heavy atom. The maximum Gasteiger partial charge on any atom is 0.139 e. The highest BCUT2D eigenvalue weighted by Crippen LogP contribution is 2.59. The summed E-state index contributed by atoms with van der Waals surface area (Å²) < 4.78 is 0. The molecule has 0 radical (unpaired) electrons. The lowest BCUT2D eigenvalue weighted by Crippen LogP contribution is -2.42. The summed E-state index contributed by atoms with van der Waals surface area (Å²) in [5, 5.41) is 0. The molecule has 0 heterocycles. The third kappa shape index (κ3) is 1.79. The molecule has 2 saturated carbocycles. The maximum atomic E-state index is 12.3. The van der Waals surface area contributed by atoms with E-state index in [-0.39, 0.29) is 5.41 Å². The maximum absolute atomic E-state index is 12.3. The van der Waals surface area contributed by atoms with Gasteiger partial charge in [-0.25, -0.2) is 0 Å². The minimum atomic E-state index is -0.00524. The molecule has 0 saturated heterocycles. The van der Waals surface area contributed by atoms with Crippen LogP contribution in [0.3, 0.4) is 0 Å². The molecule has 1 aromatic carbocycles. The first kappa shape index (κ1) is 13.3. The minimum Gasteiger partial charge on any atom is -0.299 e. The number of rotatable bonds is 1. The summed E-state index contributed by atoms with van der Waals surface area (Å²) in [6.45, 7) is 6.16. The molecule has 0 bridgehead atoms. The SMILES string of the molecule is C=Cc1ccc2c(c1)[C@H]1CC[C@]3(C)C(=O)CC[C@H]3[C@@H]1CC2. The quantitative estimate of drug-likeness (QED) is 0.725. The molecule has 0 aliphatic heterocycles. The summed E-state index contributed by atoms with van der Waals surface area (Å²) in [4.78, 5) is 12.3. The van der Waals surface area contributed by atoms with Gasteiger partial charge in [-0.1, -0.05) is 37.8 Å². The predicted octanol–water partition coefficient (Wildman–Crippen LogP) is 4.75. The molecule has 4 rings (SSSR count). The Morgan fingerprint density at radius 1 is 1.24 bits per heavy atom. The topological polar surface area (TPSA) is 17.1 Å². The molecule has 0 spiro atoms. The van der Waals surface area contributed by atoms with Crippen LogP contribution in [0.15, 0.2) is 24.8 Å². The number of ketones is 1. The fourth-order valence-electron chi connectivity index (χ4n) is 5.48. The lowest BCUT2D eigenvalue weighted by atomic mass is 9.55. The van der Waals surface area contributed by atoms with Crippen molar-refractivity contribution in [2.45, 2.75) is 51.4 Å². The van der Waals surface area contributed by atoms with Crippen molar-refractivity contribution < 1.29 is 4.79 Å². The molecule has 0 aromatic heterocycles. The van der Waals surface area contributed by atoms with Gasteiger partial charge in [-0.15, -0.1) is 0 Å².